The summed E-state index contributed by atoms with van der Waals surface area (Å²) in [5, 5.41) is 9.99. The molecule has 232 valence electrons. The van der Waals surface area contributed by atoms with Crippen molar-refractivity contribution in [1.29, 1.82) is 0 Å². The number of rotatable bonds is 4. The maximum absolute atomic E-state index is 5.22. The first-order valence-electron chi connectivity index (χ1n) is 17.1. The zero-order chi connectivity index (χ0) is 33.0. The zero-order valence-electron chi connectivity index (χ0n) is 27.2. The van der Waals surface area contributed by atoms with Crippen molar-refractivity contribution in [3.63, 3.8) is 0 Å². The quantitative estimate of drug-likeness (QED) is 0.180. The summed E-state index contributed by atoms with van der Waals surface area (Å²) in [5.74, 6) is 0. The Labute approximate surface area is 290 Å². The fourth-order valence-corrected chi connectivity index (χ4v) is 7.64. The van der Waals surface area contributed by atoms with Gasteiger partial charge in [-0.15, -0.1) is 0 Å². The molecule has 1 aromatic heterocycles. The third-order valence-corrected chi connectivity index (χ3v) is 10.0. The van der Waals surface area contributed by atoms with Gasteiger partial charge in [0.25, 0.3) is 0 Å². The lowest BCUT2D eigenvalue weighted by atomic mass is 9.90. The fraction of sp³-hybridized carbons (Fsp3) is 0. The molecule has 0 aliphatic carbocycles. The van der Waals surface area contributed by atoms with Gasteiger partial charge in [-0.2, -0.15) is 0 Å². The highest BCUT2D eigenvalue weighted by atomic mass is 14.8. The fourth-order valence-electron chi connectivity index (χ4n) is 7.64. The van der Waals surface area contributed by atoms with Gasteiger partial charge in [0.1, 0.15) is 0 Å². The van der Waals surface area contributed by atoms with Gasteiger partial charge in [0.2, 0.25) is 0 Å². The van der Waals surface area contributed by atoms with Crippen molar-refractivity contribution in [2.24, 2.45) is 0 Å². The molecule has 0 saturated carbocycles. The van der Waals surface area contributed by atoms with Gasteiger partial charge in [0.15, 0.2) is 0 Å². The van der Waals surface area contributed by atoms with Crippen LogP contribution in [0.2, 0.25) is 0 Å². The van der Waals surface area contributed by atoms with Crippen molar-refractivity contribution in [3.8, 4) is 44.8 Å². The van der Waals surface area contributed by atoms with Crippen molar-refractivity contribution < 1.29 is 0 Å². The van der Waals surface area contributed by atoms with E-state index in [0.29, 0.717) is 0 Å². The van der Waals surface area contributed by atoms with E-state index in [1.165, 1.54) is 65.3 Å². The smallest absolute Gasteiger partial charge is 0.0973 e. The van der Waals surface area contributed by atoms with E-state index in [2.05, 4.69) is 158 Å². The Morgan fingerprint density at radius 1 is 0.260 bits per heavy atom. The molecule has 9 aromatic carbocycles. The number of fused-ring (bicyclic) bond motifs is 5. The van der Waals surface area contributed by atoms with Gasteiger partial charge in [0, 0.05) is 11.1 Å². The molecule has 0 radical (unpaired) electrons. The second-order valence-corrected chi connectivity index (χ2v) is 13.0. The first-order valence-corrected chi connectivity index (χ1v) is 17.1. The van der Waals surface area contributed by atoms with Crippen LogP contribution >= 0.6 is 0 Å². The second-order valence-electron chi connectivity index (χ2n) is 13.0. The summed E-state index contributed by atoms with van der Waals surface area (Å²) in [6.45, 7) is 0. The minimum absolute atomic E-state index is 0.876. The Bertz CT molecular complexity index is 2600. The third-order valence-electron chi connectivity index (χ3n) is 10.0. The van der Waals surface area contributed by atoms with Crippen LogP contribution in [0.15, 0.2) is 182 Å². The van der Waals surface area contributed by atoms with E-state index >= 15 is 0 Å². The molecular weight excluding hydrogens is 605 g/mol. The van der Waals surface area contributed by atoms with Crippen molar-refractivity contribution >= 4 is 54.1 Å². The molecule has 0 saturated heterocycles. The van der Waals surface area contributed by atoms with Crippen LogP contribution in [0.3, 0.4) is 0 Å². The largest absolute Gasteiger partial charge is 0.244 e. The topological polar surface area (TPSA) is 25.8 Å². The van der Waals surface area contributed by atoms with Gasteiger partial charge < -0.3 is 0 Å². The SMILES string of the molecule is c1ccc2c(-c3ccc(-c4nc5ccccc5nc4-c4ccc(-c5c6ccccc6cc6ccccc56)cc4)cc3)c3ccccc3cc2c1. The third kappa shape index (κ3) is 4.65. The summed E-state index contributed by atoms with van der Waals surface area (Å²) in [6, 6.07) is 65.1. The minimum atomic E-state index is 0.876. The van der Waals surface area contributed by atoms with Gasteiger partial charge in [-0.1, -0.05) is 158 Å². The first kappa shape index (κ1) is 28.4. The van der Waals surface area contributed by atoms with Gasteiger partial charge in [-0.25, -0.2) is 9.97 Å². The van der Waals surface area contributed by atoms with Gasteiger partial charge in [-0.3, -0.25) is 0 Å². The highest BCUT2D eigenvalue weighted by molar-refractivity contribution is 6.14. The molecular formula is C48H30N2. The van der Waals surface area contributed by atoms with Gasteiger partial charge in [-0.05, 0) is 89.6 Å². The summed E-state index contributed by atoms with van der Waals surface area (Å²) in [5.41, 5.74) is 10.5. The molecule has 0 N–H and O–H groups in total. The van der Waals surface area contributed by atoms with Crippen LogP contribution in [0.25, 0.3) is 98.9 Å². The number of hydrogen-bond acceptors (Lipinski definition) is 2. The van der Waals surface area contributed by atoms with Crippen molar-refractivity contribution in [2.75, 3.05) is 0 Å². The molecule has 0 fully saturated rings. The van der Waals surface area contributed by atoms with Crippen LogP contribution in [-0.2, 0) is 0 Å². The Kier molecular flexibility index (Phi) is 6.53. The molecule has 2 nitrogen and oxygen atoms in total. The molecule has 10 rings (SSSR count). The maximum Gasteiger partial charge on any atom is 0.0973 e. The molecule has 0 amide bonds. The Hall–Kier alpha value is -6.64. The van der Waals surface area contributed by atoms with Crippen LogP contribution in [-0.4, -0.2) is 9.97 Å². The summed E-state index contributed by atoms with van der Waals surface area (Å²) >= 11 is 0. The molecule has 0 spiro atoms. The summed E-state index contributed by atoms with van der Waals surface area (Å²) < 4.78 is 0. The van der Waals surface area contributed by atoms with Crippen LogP contribution in [0.5, 0.6) is 0 Å². The number of benzene rings is 9. The Morgan fingerprint density at radius 2 is 0.540 bits per heavy atom. The lowest BCUT2D eigenvalue weighted by Gasteiger charge is -2.15. The maximum atomic E-state index is 5.22. The molecule has 10 aromatic rings. The average molecular weight is 635 g/mol. The van der Waals surface area contributed by atoms with Crippen molar-refractivity contribution in [2.45, 2.75) is 0 Å². The van der Waals surface area contributed by atoms with Crippen LogP contribution in [0.1, 0.15) is 0 Å². The highest BCUT2D eigenvalue weighted by Crippen LogP contribution is 2.40. The van der Waals surface area contributed by atoms with Gasteiger partial charge >= 0.3 is 0 Å². The van der Waals surface area contributed by atoms with Crippen LogP contribution < -0.4 is 0 Å². The monoisotopic (exact) mass is 634 g/mol. The molecule has 1 heterocycles. The van der Waals surface area contributed by atoms with Crippen molar-refractivity contribution in [3.05, 3.63) is 182 Å². The molecule has 0 unspecified atom stereocenters. The standard InChI is InChI=1S/C48H30N2/c1-5-15-39-35(11-1)29-36-12-2-6-16-40(36)45(39)31-21-25-33(26-22-31)47-48(50-44-20-10-9-19-43(44)49-47)34-27-23-32(24-28-34)46-41-17-7-3-13-37(41)30-38-14-4-8-18-42(38)46/h1-30H. The highest BCUT2D eigenvalue weighted by Gasteiger charge is 2.16. The minimum Gasteiger partial charge on any atom is -0.244 e. The Morgan fingerprint density at radius 3 is 0.880 bits per heavy atom. The van der Waals surface area contributed by atoms with Crippen LogP contribution in [0, 0.1) is 0 Å². The lowest BCUT2D eigenvalue weighted by molar-refractivity contribution is 1.29. The molecule has 0 bridgehead atoms. The van der Waals surface area contributed by atoms with E-state index in [0.717, 1.165) is 33.5 Å². The second kappa shape index (κ2) is 11.5. The summed E-state index contributed by atoms with van der Waals surface area (Å²) in [6.07, 6.45) is 0. The average Bonchev–Trinajstić information content (AvgIpc) is 3.18. The number of aromatic nitrogens is 2. The molecule has 2 heteroatoms. The predicted octanol–water partition coefficient (Wildman–Crippen LogP) is 12.9. The summed E-state index contributed by atoms with van der Waals surface area (Å²) in [7, 11) is 0. The molecule has 0 aliphatic heterocycles. The molecule has 50 heavy (non-hydrogen) atoms. The van der Waals surface area contributed by atoms with E-state index in [-0.39, 0.29) is 0 Å². The lowest BCUT2D eigenvalue weighted by Crippen LogP contribution is -1.96. The predicted molar refractivity (Wildman–Crippen MR) is 211 cm³/mol. The normalized spacial score (nSPS) is 11.6. The van der Waals surface area contributed by atoms with E-state index in [1.807, 2.05) is 24.3 Å². The van der Waals surface area contributed by atoms with Gasteiger partial charge in [0.05, 0.1) is 22.4 Å². The number of hydrogen-bond donors (Lipinski definition) is 0. The van der Waals surface area contributed by atoms with E-state index in [9.17, 15) is 0 Å². The van der Waals surface area contributed by atoms with Crippen molar-refractivity contribution in [1.82, 2.24) is 9.97 Å². The zero-order valence-corrected chi connectivity index (χ0v) is 27.2. The molecule has 0 aliphatic rings. The summed E-state index contributed by atoms with van der Waals surface area (Å²) in [4.78, 5) is 10.4. The van der Waals surface area contributed by atoms with E-state index in [1.54, 1.807) is 0 Å². The van der Waals surface area contributed by atoms with Crippen LogP contribution in [0.4, 0.5) is 0 Å². The Balaban J connectivity index is 1.11. The van der Waals surface area contributed by atoms with E-state index < -0.39 is 0 Å². The first-order chi connectivity index (χ1) is 24.8. The van der Waals surface area contributed by atoms with E-state index in [4.69, 9.17) is 9.97 Å². The molecule has 0 atom stereocenters. The number of nitrogens with zero attached hydrogens (tertiary/aromatic N) is 2. The number of para-hydroxylation sites is 2.